The van der Waals surface area contributed by atoms with Crippen molar-refractivity contribution in [1.29, 1.82) is 0 Å². The van der Waals surface area contributed by atoms with Gasteiger partial charge >= 0.3 is 5.97 Å². The van der Waals surface area contributed by atoms with Crippen molar-refractivity contribution in [1.82, 2.24) is 9.99 Å². The van der Waals surface area contributed by atoms with Crippen LogP contribution in [0.2, 0.25) is 10.2 Å². The van der Waals surface area contributed by atoms with Crippen LogP contribution in [0.3, 0.4) is 0 Å². The number of hydrogen-bond donors (Lipinski definition) is 0. The lowest BCUT2D eigenvalue weighted by Gasteiger charge is -2.19. The van der Waals surface area contributed by atoms with E-state index < -0.39 is 24.5 Å². The summed E-state index contributed by atoms with van der Waals surface area (Å²) >= 11 is 11.7. The average Bonchev–Trinajstić information content (AvgIpc) is 3.42. The summed E-state index contributed by atoms with van der Waals surface area (Å²) in [5.41, 5.74) is 1.75. The van der Waals surface area contributed by atoms with Crippen LogP contribution >= 0.6 is 23.2 Å². The molecule has 0 aliphatic carbocycles. The van der Waals surface area contributed by atoms with Gasteiger partial charge in [-0.2, -0.15) is 5.10 Å². The summed E-state index contributed by atoms with van der Waals surface area (Å²) in [6.45, 7) is -0.479. The Morgan fingerprint density at radius 1 is 1.17 bits per heavy atom. The number of rotatable bonds is 5. The van der Waals surface area contributed by atoms with Gasteiger partial charge in [0.05, 0.1) is 17.5 Å². The summed E-state index contributed by atoms with van der Waals surface area (Å²) in [7, 11) is 0. The molecule has 0 unspecified atom stereocenters. The van der Waals surface area contributed by atoms with Crippen LogP contribution < -0.4 is 0 Å². The molecule has 1 aliphatic heterocycles. The van der Waals surface area contributed by atoms with Crippen molar-refractivity contribution in [3.63, 3.8) is 0 Å². The molecule has 0 saturated carbocycles. The van der Waals surface area contributed by atoms with Crippen molar-refractivity contribution in [2.75, 3.05) is 6.61 Å². The van der Waals surface area contributed by atoms with Gasteiger partial charge in [-0.05, 0) is 42.0 Å². The minimum atomic E-state index is -0.678. The Balaban J connectivity index is 1.51. The van der Waals surface area contributed by atoms with Crippen molar-refractivity contribution in [3.05, 3.63) is 88.1 Å². The van der Waals surface area contributed by atoms with Crippen LogP contribution in [-0.2, 0) is 9.53 Å². The van der Waals surface area contributed by atoms with Crippen LogP contribution in [0.1, 0.15) is 34.1 Å². The van der Waals surface area contributed by atoms with E-state index in [1.165, 1.54) is 29.6 Å². The SMILES string of the molecule is O=C(OCC(=O)N1N=C(c2ccc(Cl)cc2)C[C@@H]1c1ccco1)c1ccnc(Cl)c1. The predicted octanol–water partition coefficient (Wildman–Crippen LogP) is 4.52. The minimum Gasteiger partial charge on any atom is -0.467 e. The maximum absolute atomic E-state index is 12.8. The van der Waals surface area contributed by atoms with Gasteiger partial charge in [0, 0.05) is 17.6 Å². The highest BCUT2D eigenvalue weighted by Crippen LogP contribution is 2.33. The highest BCUT2D eigenvalue weighted by molar-refractivity contribution is 6.30. The van der Waals surface area contributed by atoms with E-state index in [1.807, 2.05) is 12.1 Å². The van der Waals surface area contributed by atoms with E-state index in [9.17, 15) is 9.59 Å². The number of pyridine rings is 1. The molecular weight excluding hydrogens is 429 g/mol. The fourth-order valence-electron chi connectivity index (χ4n) is 3.07. The molecule has 4 rings (SSSR count). The maximum Gasteiger partial charge on any atom is 0.338 e. The number of carbonyl (C=O) groups is 2. The van der Waals surface area contributed by atoms with Crippen molar-refractivity contribution < 1.29 is 18.7 Å². The number of hydrogen-bond acceptors (Lipinski definition) is 6. The Bertz CT molecular complexity index is 1100. The zero-order chi connectivity index (χ0) is 21.1. The number of amides is 1. The lowest BCUT2D eigenvalue weighted by molar-refractivity contribution is -0.136. The molecule has 30 heavy (non-hydrogen) atoms. The fourth-order valence-corrected chi connectivity index (χ4v) is 3.37. The van der Waals surface area contributed by atoms with E-state index in [4.69, 9.17) is 32.4 Å². The van der Waals surface area contributed by atoms with Crippen LogP contribution in [0, 0.1) is 0 Å². The number of benzene rings is 1. The van der Waals surface area contributed by atoms with Gasteiger partial charge in [-0.15, -0.1) is 0 Å². The van der Waals surface area contributed by atoms with Crippen molar-refractivity contribution in [2.24, 2.45) is 5.10 Å². The van der Waals surface area contributed by atoms with Crippen LogP contribution in [0.5, 0.6) is 0 Å². The highest BCUT2D eigenvalue weighted by Gasteiger charge is 2.35. The van der Waals surface area contributed by atoms with E-state index >= 15 is 0 Å². The Labute approximate surface area is 181 Å². The first kappa shape index (κ1) is 20.1. The Hall–Kier alpha value is -3.16. The third-order valence-corrected chi connectivity index (χ3v) is 4.96. The minimum absolute atomic E-state index is 0.158. The Kier molecular flexibility index (Phi) is 5.83. The monoisotopic (exact) mass is 443 g/mol. The molecule has 0 radical (unpaired) electrons. The molecule has 1 atom stereocenters. The summed E-state index contributed by atoms with van der Waals surface area (Å²) in [4.78, 5) is 28.8. The van der Waals surface area contributed by atoms with Crippen LogP contribution in [0.4, 0.5) is 0 Å². The Morgan fingerprint density at radius 3 is 2.67 bits per heavy atom. The van der Waals surface area contributed by atoms with E-state index in [0.29, 0.717) is 22.9 Å². The standard InChI is InChI=1S/C21H15Cl2N3O4/c22-15-5-3-13(4-6-15)16-11-17(18-2-1-9-29-18)26(25-16)20(27)12-30-21(28)14-7-8-24-19(23)10-14/h1-10,17H,11-12H2/t17-/m1/s1. The molecular formula is C21H15Cl2N3O4. The summed E-state index contributed by atoms with van der Waals surface area (Å²) in [6.07, 6.45) is 3.37. The zero-order valence-corrected chi connectivity index (χ0v) is 17.0. The number of nitrogens with zero attached hydrogens (tertiary/aromatic N) is 3. The lowest BCUT2D eigenvalue weighted by Crippen LogP contribution is -2.31. The summed E-state index contributed by atoms with van der Waals surface area (Å²) < 4.78 is 10.6. The van der Waals surface area contributed by atoms with Gasteiger partial charge in [-0.25, -0.2) is 14.8 Å². The number of furan rings is 1. The number of aromatic nitrogens is 1. The van der Waals surface area contributed by atoms with Gasteiger partial charge in [0.15, 0.2) is 6.61 Å². The molecule has 1 amide bonds. The molecule has 1 aliphatic rings. The van der Waals surface area contributed by atoms with Crippen LogP contribution in [0.25, 0.3) is 0 Å². The maximum atomic E-state index is 12.8. The van der Waals surface area contributed by atoms with Gasteiger partial charge < -0.3 is 9.15 Å². The van der Waals surface area contributed by atoms with Gasteiger partial charge in [-0.1, -0.05) is 35.3 Å². The van der Waals surface area contributed by atoms with E-state index in [0.717, 1.165) is 5.56 Å². The molecule has 1 aromatic carbocycles. The normalized spacial score (nSPS) is 15.7. The second-order valence-corrected chi connectivity index (χ2v) is 7.29. The highest BCUT2D eigenvalue weighted by atomic mass is 35.5. The summed E-state index contributed by atoms with van der Waals surface area (Å²) in [5, 5.41) is 6.52. The van der Waals surface area contributed by atoms with Gasteiger partial charge in [0.2, 0.25) is 0 Å². The smallest absolute Gasteiger partial charge is 0.338 e. The second kappa shape index (κ2) is 8.69. The molecule has 0 spiro atoms. The largest absolute Gasteiger partial charge is 0.467 e. The molecule has 7 nitrogen and oxygen atoms in total. The molecule has 152 valence electrons. The molecule has 3 aromatic rings. The third kappa shape index (κ3) is 4.37. The molecule has 3 heterocycles. The number of halogens is 2. The molecule has 0 saturated heterocycles. The molecule has 0 bridgehead atoms. The zero-order valence-electron chi connectivity index (χ0n) is 15.5. The summed E-state index contributed by atoms with van der Waals surface area (Å²) in [6, 6.07) is 13.1. The first-order chi connectivity index (χ1) is 14.5. The van der Waals surface area contributed by atoms with Gasteiger partial charge in [0.25, 0.3) is 5.91 Å². The van der Waals surface area contributed by atoms with Crippen molar-refractivity contribution >= 4 is 40.8 Å². The molecule has 0 N–H and O–H groups in total. The predicted molar refractivity (Wildman–Crippen MR) is 110 cm³/mol. The molecule has 0 fully saturated rings. The van der Waals surface area contributed by atoms with Gasteiger partial charge in [0.1, 0.15) is 17.0 Å². The molecule has 2 aromatic heterocycles. The quantitative estimate of drug-likeness (QED) is 0.427. The lowest BCUT2D eigenvalue weighted by atomic mass is 10.0. The molecule has 9 heteroatoms. The number of esters is 1. The first-order valence-electron chi connectivity index (χ1n) is 8.99. The van der Waals surface area contributed by atoms with E-state index in [1.54, 1.807) is 24.3 Å². The average molecular weight is 444 g/mol. The number of carbonyl (C=O) groups excluding carboxylic acids is 2. The Morgan fingerprint density at radius 2 is 1.97 bits per heavy atom. The van der Waals surface area contributed by atoms with E-state index in [2.05, 4.69) is 10.1 Å². The summed E-state index contributed by atoms with van der Waals surface area (Å²) in [5.74, 6) is -0.569. The topological polar surface area (TPSA) is 85.0 Å². The van der Waals surface area contributed by atoms with Gasteiger partial charge in [-0.3, -0.25) is 4.79 Å². The van der Waals surface area contributed by atoms with Crippen LogP contribution in [-0.4, -0.2) is 34.2 Å². The fraction of sp³-hybridized carbons (Fsp3) is 0.143. The van der Waals surface area contributed by atoms with Crippen molar-refractivity contribution in [3.8, 4) is 0 Å². The van der Waals surface area contributed by atoms with E-state index in [-0.39, 0.29) is 10.7 Å². The second-order valence-electron chi connectivity index (χ2n) is 6.47. The number of ether oxygens (including phenoxy) is 1. The van der Waals surface area contributed by atoms with Crippen LogP contribution in [0.15, 0.2) is 70.5 Å². The van der Waals surface area contributed by atoms with Crippen molar-refractivity contribution in [2.45, 2.75) is 12.5 Å². The first-order valence-corrected chi connectivity index (χ1v) is 9.74. The number of hydrazone groups is 1. The third-order valence-electron chi connectivity index (χ3n) is 4.50.